The van der Waals surface area contributed by atoms with Crippen molar-refractivity contribution in [2.24, 2.45) is 0 Å². The first-order valence-corrected chi connectivity index (χ1v) is 8.97. The van der Waals surface area contributed by atoms with E-state index in [9.17, 15) is 14.0 Å². The summed E-state index contributed by atoms with van der Waals surface area (Å²) in [5.41, 5.74) is -0.711. The van der Waals surface area contributed by atoms with Crippen molar-refractivity contribution in [2.45, 2.75) is 13.8 Å². The van der Waals surface area contributed by atoms with Crippen LogP contribution in [0.5, 0.6) is 17.2 Å². The number of benzene rings is 2. The van der Waals surface area contributed by atoms with Crippen LogP contribution in [0.3, 0.4) is 0 Å². The number of esters is 1. The van der Waals surface area contributed by atoms with E-state index in [0.717, 1.165) is 10.7 Å². The van der Waals surface area contributed by atoms with E-state index in [1.165, 1.54) is 12.1 Å². The normalized spacial score (nSPS) is 10.6. The number of carbonyl (C=O) groups excluding carboxylic acids is 1. The number of halogens is 2. The van der Waals surface area contributed by atoms with Crippen LogP contribution >= 0.6 is 11.6 Å². The van der Waals surface area contributed by atoms with Crippen molar-refractivity contribution in [3.8, 4) is 22.9 Å². The summed E-state index contributed by atoms with van der Waals surface area (Å²) in [5, 5.41) is 3.94. The highest BCUT2D eigenvalue weighted by molar-refractivity contribution is 6.32. The molecule has 1 N–H and O–H groups in total. The van der Waals surface area contributed by atoms with E-state index in [0.29, 0.717) is 17.3 Å². The molecule has 152 valence electrons. The molecule has 3 aromatic rings. The lowest BCUT2D eigenvalue weighted by atomic mass is 10.2. The third-order valence-electron chi connectivity index (χ3n) is 3.66. The summed E-state index contributed by atoms with van der Waals surface area (Å²) in [6.45, 7) is 3.28. The maximum absolute atomic E-state index is 14.3. The molecule has 0 radical (unpaired) electrons. The Bertz CT molecular complexity index is 1100. The molecule has 1 aromatic heterocycles. The van der Waals surface area contributed by atoms with Gasteiger partial charge in [-0.05, 0) is 32.0 Å². The molecule has 0 aliphatic carbocycles. The molecule has 0 atom stereocenters. The van der Waals surface area contributed by atoms with Crippen molar-refractivity contribution in [1.82, 2.24) is 14.8 Å². The van der Waals surface area contributed by atoms with Crippen LogP contribution in [0, 0.1) is 12.7 Å². The minimum absolute atomic E-state index is 0.00408. The fourth-order valence-corrected chi connectivity index (χ4v) is 2.64. The Morgan fingerprint density at radius 3 is 2.72 bits per heavy atom. The van der Waals surface area contributed by atoms with Gasteiger partial charge in [-0.3, -0.25) is 4.98 Å². The molecule has 0 aliphatic rings. The number of hydrogen-bond donors (Lipinski definition) is 1. The summed E-state index contributed by atoms with van der Waals surface area (Å²) in [7, 11) is 0. The highest BCUT2D eigenvalue weighted by atomic mass is 35.5. The van der Waals surface area contributed by atoms with Crippen LogP contribution in [-0.4, -0.2) is 33.9 Å². The van der Waals surface area contributed by atoms with Crippen molar-refractivity contribution in [3.05, 3.63) is 63.5 Å². The zero-order valence-electron chi connectivity index (χ0n) is 15.6. The van der Waals surface area contributed by atoms with Crippen molar-refractivity contribution < 1.29 is 23.4 Å². The minimum atomic E-state index is -0.734. The zero-order chi connectivity index (χ0) is 21.0. The number of nitrogens with one attached hydrogen (secondary N) is 1. The van der Waals surface area contributed by atoms with Gasteiger partial charge in [-0.25, -0.2) is 14.0 Å². The van der Waals surface area contributed by atoms with Gasteiger partial charge in [0.05, 0.1) is 11.6 Å². The van der Waals surface area contributed by atoms with Crippen LogP contribution < -0.4 is 15.2 Å². The molecule has 0 unspecified atom stereocenters. The number of rotatable bonds is 7. The van der Waals surface area contributed by atoms with Crippen LogP contribution in [0.2, 0.25) is 5.02 Å². The molecule has 3 rings (SSSR count). The molecular formula is C19H17ClFN3O5. The van der Waals surface area contributed by atoms with Crippen LogP contribution in [0.1, 0.15) is 12.7 Å². The Kier molecular flexibility index (Phi) is 6.18. The molecule has 0 saturated heterocycles. The van der Waals surface area contributed by atoms with Gasteiger partial charge < -0.3 is 14.2 Å². The lowest BCUT2D eigenvalue weighted by molar-refractivity contribution is -0.145. The number of H-pyrrole nitrogens is 1. The summed E-state index contributed by atoms with van der Waals surface area (Å²) < 4.78 is 31.1. The van der Waals surface area contributed by atoms with E-state index in [2.05, 4.69) is 10.1 Å². The number of nitrogens with zero attached hydrogens (tertiary/aromatic N) is 2. The molecule has 1 heterocycles. The monoisotopic (exact) mass is 421 g/mol. The van der Waals surface area contributed by atoms with Gasteiger partial charge in [0.1, 0.15) is 28.8 Å². The third kappa shape index (κ3) is 4.94. The van der Waals surface area contributed by atoms with Gasteiger partial charge in [-0.2, -0.15) is 9.78 Å². The van der Waals surface area contributed by atoms with E-state index >= 15 is 0 Å². The molecule has 0 aliphatic heterocycles. The largest absolute Gasteiger partial charge is 0.482 e. The second-order valence-corrected chi connectivity index (χ2v) is 6.24. The minimum Gasteiger partial charge on any atom is -0.482 e. The lowest BCUT2D eigenvalue weighted by Gasteiger charge is -2.12. The number of hydrogen-bond acceptors (Lipinski definition) is 6. The van der Waals surface area contributed by atoms with Gasteiger partial charge in [0.2, 0.25) is 0 Å². The van der Waals surface area contributed by atoms with Crippen molar-refractivity contribution in [1.29, 1.82) is 0 Å². The highest BCUT2D eigenvalue weighted by Crippen LogP contribution is 2.33. The fourth-order valence-electron chi connectivity index (χ4n) is 2.45. The Labute approximate surface area is 169 Å². The Morgan fingerprint density at radius 2 is 2.03 bits per heavy atom. The molecular weight excluding hydrogens is 405 g/mol. The molecule has 0 amide bonds. The van der Waals surface area contributed by atoms with Gasteiger partial charge in [0, 0.05) is 12.1 Å². The summed E-state index contributed by atoms with van der Waals surface area (Å²) in [6, 6.07) is 8.74. The second kappa shape index (κ2) is 8.78. The summed E-state index contributed by atoms with van der Waals surface area (Å²) in [5.74, 6) is -0.0896. The molecule has 0 bridgehead atoms. The average Bonchev–Trinajstić information content (AvgIpc) is 3.01. The maximum Gasteiger partial charge on any atom is 0.348 e. The quantitative estimate of drug-likeness (QED) is 0.587. The van der Waals surface area contributed by atoms with E-state index < -0.39 is 17.5 Å². The molecule has 29 heavy (non-hydrogen) atoms. The summed E-state index contributed by atoms with van der Waals surface area (Å²) >= 11 is 6.09. The van der Waals surface area contributed by atoms with E-state index in [1.807, 2.05) is 0 Å². The van der Waals surface area contributed by atoms with Crippen molar-refractivity contribution >= 4 is 17.6 Å². The van der Waals surface area contributed by atoms with Crippen molar-refractivity contribution in [2.75, 3.05) is 13.2 Å². The van der Waals surface area contributed by atoms with Gasteiger partial charge in [0.15, 0.2) is 12.4 Å². The van der Waals surface area contributed by atoms with E-state index in [1.54, 1.807) is 32.0 Å². The smallest absolute Gasteiger partial charge is 0.348 e. The lowest BCUT2D eigenvalue weighted by Crippen LogP contribution is -2.17. The van der Waals surface area contributed by atoms with Gasteiger partial charge in [0.25, 0.3) is 0 Å². The van der Waals surface area contributed by atoms with Gasteiger partial charge >= 0.3 is 11.7 Å². The van der Waals surface area contributed by atoms with Crippen LogP contribution in [0.15, 0.2) is 41.2 Å². The molecule has 8 nitrogen and oxygen atoms in total. The molecule has 10 heteroatoms. The van der Waals surface area contributed by atoms with Gasteiger partial charge in [-0.1, -0.05) is 17.7 Å². The van der Waals surface area contributed by atoms with Crippen molar-refractivity contribution in [3.63, 3.8) is 0 Å². The van der Waals surface area contributed by atoms with Crippen LogP contribution in [0.25, 0.3) is 5.69 Å². The summed E-state index contributed by atoms with van der Waals surface area (Å²) in [4.78, 5) is 25.8. The number of aromatic nitrogens is 3. The fraction of sp³-hybridized carbons (Fsp3) is 0.211. The van der Waals surface area contributed by atoms with E-state index in [4.69, 9.17) is 25.8 Å². The van der Waals surface area contributed by atoms with Crippen LogP contribution in [0.4, 0.5) is 4.39 Å². The SMILES string of the molecule is CCOC(=O)COc1cccc(Oc2cc(-n3nc(C)[nH]c3=O)c(F)cc2Cl)c1. The third-order valence-corrected chi connectivity index (χ3v) is 3.95. The first-order chi connectivity index (χ1) is 13.9. The molecule has 2 aromatic carbocycles. The second-order valence-electron chi connectivity index (χ2n) is 5.83. The number of carbonyl (C=O) groups is 1. The Hall–Kier alpha value is -3.33. The number of ether oxygens (including phenoxy) is 3. The van der Waals surface area contributed by atoms with Crippen LogP contribution in [-0.2, 0) is 9.53 Å². The first-order valence-electron chi connectivity index (χ1n) is 8.59. The summed E-state index contributed by atoms with van der Waals surface area (Å²) in [6.07, 6.45) is 0. The topological polar surface area (TPSA) is 95.4 Å². The predicted octanol–water partition coefficient (Wildman–Crippen LogP) is 3.40. The highest BCUT2D eigenvalue weighted by Gasteiger charge is 2.16. The standard InChI is InChI=1S/C19H17ClFN3O5/c1-3-27-18(25)10-28-12-5-4-6-13(7-12)29-17-9-16(15(21)8-14(17)20)24-19(26)22-11(2)23-24/h4-9H,3,10H2,1-2H3,(H,22,23,26). The first kappa shape index (κ1) is 20.4. The van der Waals surface area contributed by atoms with E-state index in [-0.39, 0.29) is 29.7 Å². The molecule has 0 spiro atoms. The predicted molar refractivity (Wildman–Crippen MR) is 103 cm³/mol. The molecule has 0 saturated carbocycles. The number of aromatic amines is 1. The van der Waals surface area contributed by atoms with Gasteiger partial charge in [-0.15, -0.1) is 0 Å². The zero-order valence-corrected chi connectivity index (χ0v) is 16.3. The molecule has 0 fully saturated rings. The Balaban J connectivity index is 1.84. The Morgan fingerprint density at radius 1 is 1.28 bits per heavy atom. The maximum atomic E-state index is 14.3. The average molecular weight is 422 g/mol. The number of aryl methyl sites for hydroxylation is 1.